The van der Waals surface area contributed by atoms with Crippen molar-refractivity contribution in [2.24, 2.45) is 0 Å². The Balaban J connectivity index is 0.000000240. The van der Waals surface area contributed by atoms with Crippen molar-refractivity contribution < 1.29 is 4.42 Å². The molecule has 3 aromatic rings. The van der Waals surface area contributed by atoms with Gasteiger partial charge in [0, 0.05) is 25.0 Å². The molecule has 32 heavy (non-hydrogen) atoms. The minimum Gasteiger partial charge on any atom is -0.446 e. The molecule has 0 spiro atoms. The van der Waals surface area contributed by atoms with Crippen molar-refractivity contribution >= 4 is 0 Å². The first-order valence-corrected chi connectivity index (χ1v) is 11.5. The summed E-state index contributed by atoms with van der Waals surface area (Å²) in [6.07, 6.45) is 3.75. The molecule has 0 aromatic carbocycles. The molecular formula is C27H42N4O. The summed E-state index contributed by atoms with van der Waals surface area (Å²) in [6.45, 7) is 24.8. The monoisotopic (exact) mass is 438 g/mol. The molecule has 3 rings (SSSR count). The molecule has 0 atom stereocenters. The molecule has 0 unspecified atom stereocenters. The van der Waals surface area contributed by atoms with E-state index in [9.17, 15) is 0 Å². The van der Waals surface area contributed by atoms with Crippen LogP contribution in [-0.2, 0) is 0 Å². The zero-order valence-electron chi connectivity index (χ0n) is 22.2. The van der Waals surface area contributed by atoms with Crippen molar-refractivity contribution in [1.82, 2.24) is 19.9 Å². The van der Waals surface area contributed by atoms with E-state index in [1.165, 1.54) is 16.8 Å². The van der Waals surface area contributed by atoms with Gasteiger partial charge >= 0.3 is 0 Å². The Morgan fingerprint density at radius 1 is 0.656 bits per heavy atom. The zero-order valence-corrected chi connectivity index (χ0v) is 22.2. The van der Waals surface area contributed by atoms with E-state index in [4.69, 9.17) is 4.42 Å². The van der Waals surface area contributed by atoms with Gasteiger partial charge in [-0.05, 0) is 63.5 Å². The maximum Gasteiger partial charge on any atom is 0.191 e. The third-order valence-corrected chi connectivity index (χ3v) is 4.94. The first-order valence-electron chi connectivity index (χ1n) is 11.5. The quantitative estimate of drug-likeness (QED) is 0.425. The molecule has 0 aliphatic carbocycles. The highest BCUT2D eigenvalue weighted by Gasteiger charge is 2.09. The highest BCUT2D eigenvalue weighted by atomic mass is 16.4. The molecule has 0 saturated heterocycles. The Kier molecular flexibility index (Phi) is 10.7. The Morgan fingerprint density at radius 3 is 1.56 bits per heavy atom. The van der Waals surface area contributed by atoms with Gasteiger partial charge in [-0.25, -0.2) is 4.98 Å². The van der Waals surface area contributed by atoms with Crippen LogP contribution < -0.4 is 0 Å². The second kappa shape index (κ2) is 12.5. The van der Waals surface area contributed by atoms with Crippen LogP contribution in [0.15, 0.2) is 22.9 Å². The summed E-state index contributed by atoms with van der Waals surface area (Å²) in [6, 6.07) is 2.18. The molecule has 5 nitrogen and oxygen atoms in total. The van der Waals surface area contributed by atoms with Crippen LogP contribution in [0, 0.1) is 41.5 Å². The number of hydrogen-bond donors (Lipinski definition) is 0. The molecule has 0 radical (unpaired) electrons. The lowest BCUT2D eigenvalue weighted by Gasteiger charge is -2.07. The van der Waals surface area contributed by atoms with Crippen LogP contribution in [0.25, 0.3) is 0 Å². The molecule has 0 saturated carbocycles. The smallest absolute Gasteiger partial charge is 0.191 e. The maximum absolute atomic E-state index is 5.26. The minimum absolute atomic E-state index is 0.470. The van der Waals surface area contributed by atoms with Gasteiger partial charge in [0.25, 0.3) is 0 Å². The lowest BCUT2D eigenvalue weighted by molar-refractivity contribution is 0.492. The van der Waals surface area contributed by atoms with Gasteiger partial charge in [-0.15, -0.1) is 0 Å². The number of pyridine rings is 1. The van der Waals surface area contributed by atoms with E-state index in [1.54, 1.807) is 0 Å². The number of rotatable bonds is 3. The first kappa shape index (κ1) is 27.5. The Morgan fingerprint density at radius 2 is 1.19 bits per heavy atom. The van der Waals surface area contributed by atoms with Crippen LogP contribution in [0.4, 0.5) is 0 Å². The minimum atomic E-state index is 0.470. The third kappa shape index (κ3) is 8.52. The van der Waals surface area contributed by atoms with Crippen molar-refractivity contribution in [2.75, 3.05) is 0 Å². The van der Waals surface area contributed by atoms with Crippen molar-refractivity contribution in [2.45, 2.75) is 101 Å². The fraction of sp³-hybridized carbons (Fsp3) is 0.556. The van der Waals surface area contributed by atoms with Crippen molar-refractivity contribution in [3.63, 3.8) is 0 Å². The highest BCUT2D eigenvalue weighted by Crippen LogP contribution is 2.18. The van der Waals surface area contributed by atoms with Crippen molar-refractivity contribution in [1.29, 1.82) is 0 Å². The second-order valence-electron chi connectivity index (χ2n) is 9.34. The van der Waals surface area contributed by atoms with Crippen LogP contribution in [0.3, 0.4) is 0 Å². The van der Waals surface area contributed by atoms with Gasteiger partial charge < -0.3 is 4.42 Å². The Bertz CT molecular complexity index is 932. The highest BCUT2D eigenvalue weighted by molar-refractivity contribution is 5.25. The summed E-state index contributed by atoms with van der Waals surface area (Å²) in [7, 11) is 0. The lowest BCUT2D eigenvalue weighted by Crippen LogP contribution is -2.00. The third-order valence-electron chi connectivity index (χ3n) is 4.94. The normalized spacial score (nSPS) is 10.7. The van der Waals surface area contributed by atoms with Crippen molar-refractivity contribution in [3.8, 4) is 0 Å². The number of oxazole rings is 1. The average molecular weight is 439 g/mol. The van der Waals surface area contributed by atoms with E-state index in [0.717, 1.165) is 34.4 Å². The van der Waals surface area contributed by atoms with Crippen LogP contribution >= 0.6 is 0 Å². The summed E-state index contributed by atoms with van der Waals surface area (Å²) < 4.78 is 5.26. The predicted molar refractivity (Wildman–Crippen MR) is 133 cm³/mol. The molecule has 0 aliphatic heterocycles. The Labute approximate surface area is 195 Å². The van der Waals surface area contributed by atoms with Gasteiger partial charge in [0.15, 0.2) is 5.89 Å². The fourth-order valence-corrected chi connectivity index (χ4v) is 3.58. The molecule has 0 N–H and O–H groups in total. The summed E-state index contributed by atoms with van der Waals surface area (Å²) in [5.41, 5.74) is 8.00. The van der Waals surface area contributed by atoms with E-state index >= 15 is 0 Å². The van der Waals surface area contributed by atoms with Gasteiger partial charge in [0.2, 0.25) is 0 Å². The van der Waals surface area contributed by atoms with Crippen LogP contribution in [0.1, 0.15) is 111 Å². The molecule has 3 aromatic heterocycles. The standard InChI is InChI=1S/C10H15N.C9H14N2.C8H13NO/c1-7(2)10-9(4)5-8(3)6-11-10;1-6(2)9-8(4)11-7(3)5-10-9;1-5(2)8-6(3)10-7(4)9-8/h5-7H,1-4H3;5-6H,1-4H3;5H,1-4H3. The molecule has 0 amide bonds. The molecular weight excluding hydrogens is 396 g/mol. The lowest BCUT2D eigenvalue weighted by atomic mass is 10.0. The number of aromatic nitrogens is 4. The van der Waals surface area contributed by atoms with E-state index in [0.29, 0.717) is 17.8 Å². The SMILES string of the molecule is Cc1cnc(C(C)C)c(C)c1.Cc1cnc(C(C)C)c(C)n1.Cc1nc(C(C)C)c(C)o1. The van der Waals surface area contributed by atoms with Crippen LogP contribution in [-0.4, -0.2) is 19.9 Å². The van der Waals surface area contributed by atoms with Gasteiger partial charge in [0.1, 0.15) is 5.76 Å². The number of nitrogens with zero attached hydrogens (tertiary/aromatic N) is 4. The van der Waals surface area contributed by atoms with Gasteiger partial charge in [0.05, 0.1) is 22.8 Å². The van der Waals surface area contributed by atoms with E-state index < -0.39 is 0 Å². The zero-order chi connectivity index (χ0) is 24.6. The topological polar surface area (TPSA) is 64.7 Å². The average Bonchev–Trinajstić information content (AvgIpc) is 3.00. The van der Waals surface area contributed by atoms with Crippen LogP contribution in [0.2, 0.25) is 0 Å². The number of hydrogen-bond acceptors (Lipinski definition) is 5. The van der Waals surface area contributed by atoms with E-state index in [1.807, 2.05) is 40.1 Å². The summed E-state index contributed by atoms with van der Waals surface area (Å²) in [4.78, 5) is 17.3. The van der Waals surface area contributed by atoms with Gasteiger partial charge in [-0.3, -0.25) is 15.0 Å². The molecule has 0 aliphatic rings. The predicted octanol–water partition coefficient (Wildman–Crippen LogP) is 7.45. The van der Waals surface area contributed by atoms with Crippen molar-refractivity contribution in [3.05, 3.63) is 69.7 Å². The molecule has 3 heterocycles. The fourth-order valence-electron chi connectivity index (χ4n) is 3.58. The molecule has 0 fully saturated rings. The number of aryl methyl sites for hydroxylation is 6. The summed E-state index contributed by atoms with van der Waals surface area (Å²) in [5.74, 6) is 3.20. The second-order valence-corrected chi connectivity index (χ2v) is 9.34. The first-order chi connectivity index (χ1) is 14.8. The summed E-state index contributed by atoms with van der Waals surface area (Å²) >= 11 is 0. The summed E-state index contributed by atoms with van der Waals surface area (Å²) in [5, 5.41) is 0. The molecule has 176 valence electrons. The van der Waals surface area contributed by atoms with Gasteiger partial charge in [-0.2, -0.15) is 0 Å². The van der Waals surface area contributed by atoms with Gasteiger partial charge in [-0.1, -0.05) is 47.6 Å². The molecule has 0 bridgehead atoms. The maximum atomic E-state index is 5.26. The largest absolute Gasteiger partial charge is 0.446 e. The van der Waals surface area contributed by atoms with E-state index in [2.05, 4.69) is 81.4 Å². The van der Waals surface area contributed by atoms with Crippen LogP contribution in [0.5, 0.6) is 0 Å². The van der Waals surface area contributed by atoms with E-state index in [-0.39, 0.29) is 0 Å². The Hall–Kier alpha value is -2.56. The molecule has 5 heteroatoms.